The van der Waals surface area contributed by atoms with Crippen LogP contribution < -0.4 is 10.6 Å². The maximum atomic E-state index is 12.9. The van der Waals surface area contributed by atoms with Gasteiger partial charge in [0, 0.05) is 38.3 Å². The van der Waals surface area contributed by atoms with E-state index in [1.807, 2.05) is 9.80 Å². The SMILES string of the molecule is O=C(NC1CCCCC1)N1CCN(C(=O)C2CC3CCCCC3N2)CC1. The van der Waals surface area contributed by atoms with Gasteiger partial charge in [-0.05, 0) is 38.0 Å². The predicted molar refractivity (Wildman–Crippen MR) is 101 cm³/mol. The monoisotopic (exact) mass is 362 g/mol. The van der Waals surface area contributed by atoms with Crippen molar-refractivity contribution in [1.29, 1.82) is 0 Å². The van der Waals surface area contributed by atoms with Gasteiger partial charge in [-0.3, -0.25) is 4.79 Å². The number of hydrogen-bond acceptors (Lipinski definition) is 3. The molecule has 2 saturated heterocycles. The highest BCUT2D eigenvalue weighted by Crippen LogP contribution is 2.33. The van der Waals surface area contributed by atoms with E-state index in [4.69, 9.17) is 0 Å². The highest BCUT2D eigenvalue weighted by molar-refractivity contribution is 5.83. The summed E-state index contributed by atoms with van der Waals surface area (Å²) >= 11 is 0. The molecule has 3 unspecified atom stereocenters. The van der Waals surface area contributed by atoms with E-state index in [1.54, 1.807) is 0 Å². The maximum Gasteiger partial charge on any atom is 0.317 e. The van der Waals surface area contributed by atoms with Gasteiger partial charge in [0.2, 0.25) is 5.91 Å². The average molecular weight is 363 g/mol. The van der Waals surface area contributed by atoms with Gasteiger partial charge in [-0.25, -0.2) is 4.79 Å². The van der Waals surface area contributed by atoms with Crippen molar-refractivity contribution >= 4 is 11.9 Å². The number of urea groups is 1. The fourth-order valence-electron chi connectivity index (χ4n) is 5.37. The Morgan fingerprint density at radius 2 is 1.46 bits per heavy atom. The van der Waals surface area contributed by atoms with Gasteiger partial charge < -0.3 is 20.4 Å². The Balaban J connectivity index is 1.23. The number of carbonyl (C=O) groups excluding carboxylic acids is 2. The van der Waals surface area contributed by atoms with Crippen molar-refractivity contribution in [3.63, 3.8) is 0 Å². The molecule has 26 heavy (non-hydrogen) atoms. The molecule has 3 atom stereocenters. The summed E-state index contributed by atoms with van der Waals surface area (Å²) in [6, 6.07) is 0.974. The van der Waals surface area contributed by atoms with Crippen molar-refractivity contribution in [1.82, 2.24) is 20.4 Å². The molecular formula is C20H34N4O2. The van der Waals surface area contributed by atoms with Crippen LogP contribution in [0.5, 0.6) is 0 Å². The van der Waals surface area contributed by atoms with E-state index < -0.39 is 0 Å². The molecule has 0 radical (unpaired) electrons. The first kappa shape index (κ1) is 18.1. The van der Waals surface area contributed by atoms with Crippen LogP contribution in [0.2, 0.25) is 0 Å². The third kappa shape index (κ3) is 4.00. The average Bonchev–Trinajstić information content (AvgIpc) is 3.12. The number of nitrogens with one attached hydrogen (secondary N) is 2. The van der Waals surface area contributed by atoms with Crippen LogP contribution in [-0.2, 0) is 4.79 Å². The van der Waals surface area contributed by atoms with E-state index in [0.717, 1.165) is 19.3 Å². The summed E-state index contributed by atoms with van der Waals surface area (Å²) in [5, 5.41) is 6.79. The Labute approximate surface area is 157 Å². The molecule has 0 spiro atoms. The molecule has 6 nitrogen and oxygen atoms in total. The van der Waals surface area contributed by atoms with Gasteiger partial charge >= 0.3 is 6.03 Å². The molecule has 3 amide bonds. The molecule has 0 aromatic carbocycles. The molecule has 146 valence electrons. The molecule has 0 aromatic rings. The third-order valence-corrected chi connectivity index (χ3v) is 6.97. The van der Waals surface area contributed by atoms with E-state index in [9.17, 15) is 9.59 Å². The minimum atomic E-state index is 0.00529. The zero-order valence-corrected chi connectivity index (χ0v) is 15.9. The van der Waals surface area contributed by atoms with Crippen LogP contribution in [0.25, 0.3) is 0 Å². The zero-order chi connectivity index (χ0) is 17.9. The first-order valence-corrected chi connectivity index (χ1v) is 10.8. The number of fused-ring (bicyclic) bond motifs is 1. The first-order chi connectivity index (χ1) is 12.7. The molecule has 4 rings (SSSR count). The minimum absolute atomic E-state index is 0.00529. The van der Waals surface area contributed by atoms with E-state index >= 15 is 0 Å². The second kappa shape index (κ2) is 8.15. The van der Waals surface area contributed by atoms with Crippen LogP contribution in [0, 0.1) is 5.92 Å². The lowest BCUT2D eigenvalue weighted by Gasteiger charge is -2.37. The fourth-order valence-corrected chi connectivity index (χ4v) is 5.37. The topological polar surface area (TPSA) is 64.7 Å². The van der Waals surface area contributed by atoms with Crippen LogP contribution in [0.1, 0.15) is 64.2 Å². The van der Waals surface area contributed by atoms with Gasteiger partial charge in [0.15, 0.2) is 0 Å². The van der Waals surface area contributed by atoms with Crippen LogP contribution >= 0.6 is 0 Å². The highest BCUT2D eigenvalue weighted by atomic mass is 16.2. The zero-order valence-electron chi connectivity index (χ0n) is 15.9. The van der Waals surface area contributed by atoms with E-state index in [-0.39, 0.29) is 18.0 Å². The fraction of sp³-hybridized carbons (Fsp3) is 0.900. The molecule has 4 fully saturated rings. The minimum Gasteiger partial charge on any atom is -0.338 e. The van der Waals surface area contributed by atoms with Crippen molar-refractivity contribution in [3.05, 3.63) is 0 Å². The van der Waals surface area contributed by atoms with Gasteiger partial charge in [0.1, 0.15) is 0 Å². The van der Waals surface area contributed by atoms with E-state index in [0.29, 0.717) is 44.2 Å². The lowest BCUT2D eigenvalue weighted by atomic mass is 9.85. The smallest absolute Gasteiger partial charge is 0.317 e. The molecular weight excluding hydrogens is 328 g/mol. The number of piperazine rings is 1. The Hall–Kier alpha value is -1.30. The Kier molecular flexibility index (Phi) is 5.67. The highest BCUT2D eigenvalue weighted by Gasteiger charge is 2.40. The van der Waals surface area contributed by atoms with Crippen molar-refractivity contribution in [2.45, 2.75) is 82.3 Å². The van der Waals surface area contributed by atoms with Crippen molar-refractivity contribution in [2.75, 3.05) is 26.2 Å². The number of rotatable bonds is 2. The summed E-state index contributed by atoms with van der Waals surface area (Å²) in [7, 11) is 0. The van der Waals surface area contributed by atoms with E-state index in [1.165, 1.54) is 44.9 Å². The lowest BCUT2D eigenvalue weighted by molar-refractivity contribution is -0.134. The van der Waals surface area contributed by atoms with Crippen molar-refractivity contribution in [3.8, 4) is 0 Å². The predicted octanol–water partition coefficient (Wildman–Crippen LogP) is 2.09. The molecule has 2 aliphatic carbocycles. The number of hydrogen-bond donors (Lipinski definition) is 2. The van der Waals surface area contributed by atoms with Gasteiger partial charge in [0.05, 0.1) is 6.04 Å². The molecule has 0 bridgehead atoms. The molecule has 4 aliphatic rings. The standard InChI is InChI=1S/C20H34N4O2/c25-19(18-14-15-6-4-5-9-17(15)22-18)23-10-12-24(13-11-23)20(26)21-16-7-2-1-3-8-16/h15-18,22H,1-14H2,(H,21,26). The Bertz CT molecular complexity index is 498. The van der Waals surface area contributed by atoms with Crippen LogP contribution in [0.15, 0.2) is 0 Å². The summed E-state index contributed by atoms with van der Waals surface area (Å²) in [5.74, 6) is 0.951. The second-order valence-corrected chi connectivity index (χ2v) is 8.70. The second-order valence-electron chi connectivity index (χ2n) is 8.70. The quantitative estimate of drug-likeness (QED) is 0.791. The van der Waals surface area contributed by atoms with Gasteiger partial charge in [-0.1, -0.05) is 32.1 Å². The summed E-state index contributed by atoms with van der Waals surface area (Å²) in [5.41, 5.74) is 0. The molecule has 2 saturated carbocycles. The molecule has 6 heteroatoms. The van der Waals surface area contributed by atoms with Crippen LogP contribution in [0.3, 0.4) is 0 Å². The van der Waals surface area contributed by atoms with Gasteiger partial charge in [0.25, 0.3) is 0 Å². The summed E-state index contributed by atoms with van der Waals surface area (Å²) in [6.45, 7) is 2.66. The van der Waals surface area contributed by atoms with Crippen molar-refractivity contribution in [2.24, 2.45) is 5.92 Å². The Morgan fingerprint density at radius 3 is 2.19 bits per heavy atom. The largest absolute Gasteiger partial charge is 0.338 e. The van der Waals surface area contributed by atoms with Crippen LogP contribution in [0.4, 0.5) is 4.79 Å². The normalized spacial score (nSPS) is 33.0. The lowest BCUT2D eigenvalue weighted by Crippen LogP contribution is -2.57. The van der Waals surface area contributed by atoms with Crippen molar-refractivity contribution < 1.29 is 9.59 Å². The summed E-state index contributed by atoms with van der Waals surface area (Å²) in [4.78, 5) is 29.2. The first-order valence-electron chi connectivity index (χ1n) is 10.8. The third-order valence-electron chi connectivity index (χ3n) is 6.97. The molecule has 2 heterocycles. The molecule has 2 N–H and O–H groups in total. The molecule has 0 aromatic heterocycles. The number of carbonyl (C=O) groups is 2. The van der Waals surface area contributed by atoms with E-state index in [2.05, 4.69) is 10.6 Å². The Morgan fingerprint density at radius 1 is 0.808 bits per heavy atom. The van der Waals surface area contributed by atoms with Gasteiger partial charge in [-0.15, -0.1) is 0 Å². The van der Waals surface area contributed by atoms with Gasteiger partial charge in [-0.2, -0.15) is 0 Å². The maximum absolute atomic E-state index is 12.9. The van der Waals surface area contributed by atoms with Crippen LogP contribution in [-0.4, -0.2) is 66.0 Å². The summed E-state index contributed by atoms with van der Waals surface area (Å²) in [6.07, 6.45) is 12.1. The molecule has 2 aliphatic heterocycles. The summed E-state index contributed by atoms with van der Waals surface area (Å²) < 4.78 is 0. The number of amides is 3. The number of nitrogens with zero attached hydrogens (tertiary/aromatic N) is 2.